The Balaban J connectivity index is 1.66. The van der Waals surface area contributed by atoms with E-state index in [-0.39, 0.29) is 11.2 Å². The van der Waals surface area contributed by atoms with Crippen molar-refractivity contribution in [2.75, 3.05) is 31.1 Å². The van der Waals surface area contributed by atoms with Gasteiger partial charge in [0.05, 0.1) is 17.9 Å². The first-order valence-corrected chi connectivity index (χ1v) is 9.48. The van der Waals surface area contributed by atoms with Gasteiger partial charge in [0.15, 0.2) is 11.6 Å². The van der Waals surface area contributed by atoms with Crippen molar-refractivity contribution >= 4 is 17.2 Å². The Hall–Kier alpha value is -1.60. The van der Waals surface area contributed by atoms with Gasteiger partial charge in [0, 0.05) is 36.5 Å². The SMILES string of the molecule is Cc1nc(CN2CCN(c3ncnc(C(C)(C)C)c3F)CC2)sc1C. The van der Waals surface area contributed by atoms with E-state index in [1.807, 2.05) is 25.7 Å². The minimum Gasteiger partial charge on any atom is -0.352 e. The van der Waals surface area contributed by atoms with Crippen LogP contribution in [0.5, 0.6) is 0 Å². The van der Waals surface area contributed by atoms with E-state index in [4.69, 9.17) is 0 Å². The molecule has 3 rings (SSSR count). The Morgan fingerprint density at radius 1 is 1.12 bits per heavy atom. The number of rotatable bonds is 3. The van der Waals surface area contributed by atoms with Crippen molar-refractivity contribution in [2.45, 2.75) is 46.6 Å². The number of aryl methyl sites for hydroxylation is 2. The third-order valence-electron chi connectivity index (χ3n) is 4.59. The molecule has 25 heavy (non-hydrogen) atoms. The number of nitrogens with zero attached hydrogens (tertiary/aromatic N) is 5. The highest BCUT2D eigenvalue weighted by atomic mass is 32.1. The van der Waals surface area contributed by atoms with Crippen molar-refractivity contribution in [3.63, 3.8) is 0 Å². The first kappa shape index (κ1) is 18.2. The van der Waals surface area contributed by atoms with E-state index in [1.54, 1.807) is 11.3 Å². The molecule has 0 bridgehead atoms. The quantitative estimate of drug-likeness (QED) is 0.837. The average Bonchev–Trinajstić information content (AvgIpc) is 2.85. The maximum atomic E-state index is 14.9. The number of hydrogen-bond donors (Lipinski definition) is 0. The number of anilines is 1. The monoisotopic (exact) mass is 363 g/mol. The molecule has 5 nitrogen and oxygen atoms in total. The van der Waals surface area contributed by atoms with E-state index >= 15 is 0 Å². The van der Waals surface area contributed by atoms with Crippen LogP contribution in [-0.4, -0.2) is 46.0 Å². The molecule has 0 N–H and O–H groups in total. The molecular weight excluding hydrogens is 337 g/mol. The Kier molecular flexibility index (Phi) is 5.06. The molecule has 1 fully saturated rings. The lowest BCUT2D eigenvalue weighted by atomic mass is 9.91. The fourth-order valence-corrected chi connectivity index (χ4v) is 4.00. The summed E-state index contributed by atoms with van der Waals surface area (Å²) in [5.41, 5.74) is 1.27. The first-order chi connectivity index (χ1) is 11.8. The molecule has 2 aromatic rings. The van der Waals surface area contributed by atoms with Crippen LogP contribution in [0.4, 0.5) is 10.2 Å². The highest BCUT2D eigenvalue weighted by Gasteiger charge is 2.27. The van der Waals surface area contributed by atoms with Gasteiger partial charge in [0.1, 0.15) is 11.3 Å². The Labute approximate surface area is 152 Å². The largest absolute Gasteiger partial charge is 0.352 e. The van der Waals surface area contributed by atoms with Crippen molar-refractivity contribution < 1.29 is 4.39 Å². The first-order valence-electron chi connectivity index (χ1n) is 8.67. The number of piperazine rings is 1. The van der Waals surface area contributed by atoms with Gasteiger partial charge in [-0.25, -0.2) is 19.3 Å². The summed E-state index contributed by atoms with van der Waals surface area (Å²) in [5, 5.41) is 1.16. The van der Waals surface area contributed by atoms with Crippen molar-refractivity contribution in [1.82, 2.24) is 19.9 Å². The van der Waals surface area contributed by atoms with Crippen molar-refractivity contribution in [1.29, 1.82) is 0 Å². The molecule has 0 atom stereocenters. The van der Waals surface area contributed by atoms with Crippen LogP contribution in [0.25, 0.3) is 0 Å². The van der Waals surface area contributed by atoms with Gasteiger partial charge < -0.3 is 4.90 Å². The lowest BCUT2D eigenvalue weighted by molar-refractivity contribution is 0.248. The minimum absolute atomic E-state index is 0.283. The zero-order valence-corrected chi connectivity index (χ0v) is 16.5. The minimum atomic E-state index is -0.329. The van der Waals surface area contributed by atoms with Crippen LogP contribution >= 0.6 is 11.3 Å². The van der Waals surface area contributed by atoms with Gasteiger partial charge in [-0.3, -0.25) is 4.90 Å². The third-order valence-corrected chi connectivity index (χ3v) is 5.64. The van der Waals surface area contributed by atoms with Gasteiger partial charge >= 0.3 is 0 Å². The van der Waals surface area contributed by atoms with E-state index in [0.29, 0.717) is 11.5 Å². The summed E-state index contributed by atoms with van der Waals surface area (Å²) in [6, 6.07) is 0. The summed E-state index contributed by atoms with van der Waals surface area (Å²) in [6.45, 7) is 14.2. The predicted molar refractivity (Wildman–Crippen MR) is 99.8 cm³/mol. The topological polar surface area (TPSA) is 45.2 Å². The number of halogens is 1. The van der Waals surface area contributed by atoms with Gasteiger partial charge in [-0.15, -0.1) is 11.3 Å². The molecule has 0 saturated carbocycles. The highest BCUT2D eigenvalue weighted by Crippen LogP contribution is 2.28. The van der Waals surface area contributed by atoms with E-state index in [1.165, 1.54) is 11.2 Å². The van der Waals surface area contributed by atoms with Crippen LogP contribution in [0.15, 0.2) is 6.33 Å². The van der Waals surface area contributed by atoms with Gasteiger partial charge in [-0.1, -0.05) is 20.8 Å². The molecule has 0 spiro atoms. The summed E-state index contributed by atoms with van der Waals surface area (Å²) in [7, 11) is 0. The molecule has 1 aliphatic rings. The van der Waals surface area contributed by atoms with Crippen molar-refractivity contribution in [3.05, 3.63) is 33.4 Å². The molecule has 0 radical (unpaired) electrons. The zero-order valence-electron chi connectivity index (χ0n) is 15.6. The van der Waals surface area contributed by atoms with Crippen LogP contribution in [0.3, 0.4) is 0 Å². The van der Waals surface area contributed by atoms with Gasteiger partial charge in [-0.2, -0.15) is 0 Å². The lowest BCUT2D eigenvalue weighted by Crippen LogP contribution is -2.46. The molecular formula is C18H26FN5S. The molecule has 136 valence electrons. The normalized spacial score (nSPS) is 16.5. The number of hydrogen-bond acceptors (Lipinski definition) is 6. The summed E-state index contributed by atoms with van der Waals surface area (Å²) in [5.74, 6) is 0.148. The summed E-state index contributed by atoms with van der Waals surface area (Å²) in [6.07, 6.45) is 1.48. The molecule has 1 aliphatic heterocycles. The lowest BCUT2D eigenvalue weighted by Gasteiger charge is -2.35. The maximum Gasteiger partial charge on any atom is 0.187 e. The van der Waals surface area contributed by atoms with E-state index in [9.17, 15) is 4.39 Å². The molecule has 7 heteroatoms. The summed E-state index contributed by atoms with van der Waals surface area (Å²) < 4.78 is 14.9. The van der Waals surface area contributed by atoms with Crippen LogP contribution in [0, 0.1) is 19.7 Å². The van der Waals surface area contributed by atoms with Gasteiger partial charge in [-0.05, 0) is 13.8 Å². The van der Waals surface area contributed by atoms with Gasteiger partial charge in [0.2, 0.25) is 0 Å². The third kappa shape index (κ3) is 3.98. The predicted octanol–water partition coefficient (Wildman–Crippen LogP) is 3.31. The Morgan fingerprint density at radius 3 is 2.36 bits per heavy atom. The van der Waals surface area contributed by atoms with Crippen molar-refractivity contribution in [3.8, 4) is 0 Å². The number of aromatic nitrogens is 3. The number of thiazole rings is 1. The second kappa shape index (κ2) is 6.96. The van der Waals surface area contributed by atoms with Crippen LogP contribution in [0.2, 0.25) is 0 Å². The molecule has 0 amide bonds. The van der Waals surface area contributed by atoms with E-state index in [2.05, 4.69) is 33.7 Å². The molecule has 0 aromatic carbocycles. The standard InChI is InChI=1S/C18H26FN5S/c1-12-13(2)25-14(22-12)10-23-6-8-24(9-7-23)17-15(19)16(18(3,4)5)20-11-21-17/h11H,6-10H2,1-5H3. The fraction of sp³-hybridized carbons (Fsp3) is 0.611. The maximum absolute atomic E-state index is 14.9. The molecule has 3 heterocycles. The molecule has 0 unspecified atom stereocenters. The van der Waals surface area contributed by atoms with Crippen LogP contribution in [0.1, 0.15) is 42.0 Å². The van der Waals surface area contributed by atoms with Crippen molar-refractivity contribution in [2.24, 2.45) is 0 Å². The van der Waals surface area contributed by atoms with Gasteiger partial charge in [0.25, 0.3) is 0 Å². The molecule has 0 aliphatic carbocycles. The summed E-state index contributed by atoms with van der Waals surface area (Å²) in [4.78, 5) is 18.7. The Bertz CT molecular complexity index is 725. The van der Waals surface area contributed by atoms with Crippen LogP contribution < -0.4 is 4.90 Å². The average molecular weight is 364 g/mol. The fourth-order valence-electron chi connectivity index (χ4n) is 3.02. The smallest absolute Gasteiger partial charge is 0.187 e. The Morgan fingerprint density at radius 2 is 1.80 bits per heavy atom. The molecule has 2 aromatic heterocycles. The second-order valence-electron chi connectivity index (χ2n) is 7.62. The molecule has 1 saturated heterocycles. The summed E-state index contributed by atoms with van der Waals surface area (Å²) >= 11 is 1.77. The van der Waals surface area contributed by atoms with E-state index < -0.39 is 0 Å². The second-order valence-corrected chi connectivity index (χ2v) is 8.91. The highest BCUT2D eigenvalue weighted by molar-refractivity contribution is 7.11. The van der Waals surface area contributed by atoms with E-state index in [0.717, 1.165) is 43.4 Å². The zero-order chi connectivity index (χ0) is 18.2. The van der Waals surface area contributed by atoms with Crippen LogP contribution in [-0.2, 0) is 12.0 Å².